The molecule has 7 aromatic rings. The highest BCUT2D eigenvalue weighted by atomic mass is 32.2. The second kappa shape index (κ2) is 22.6. The highest BCUT2D eigenvalue weighted by Crippen LogP contribution is 2.49. The van der Waals surface area contributed by atoms with Crippen molar-refractivity contribution in [2.24, 2.45) is 0 Å². The average molecular weight is 901 g/mol. The third kappa shape index (κ3) is 10.8. The van der Waals surface area contributed by atoms with Crippen molar-refractivity contribution in [2.45, 2.75) is 23.2 Å². The zero-order valence-corrected chi connectivity index (χ0v) is 37.7. The van der Waals surface area contributed by atoms with E-state index < -0.39 is 28.1 Å². The molecule has 0 aromatic heterocycles. The fourth-order valence-electron chi connectivity index (χ4n) is 7.92. The van der Waals surface area contributed by atoms with Crippen LogP contribution in [-0.4, -0.2) is 63.4 Å². The molecule has 10 nitrogen and oxygen atoms in total. The molecule has 0 fully saturated rings. The molecule has 66 heavy (non-hydrogen) atoms. The van der Waals surface area contributed by atoms with Crippen molar-refractivity contribution in [2.75, 3.05) is 40.5 Å². The van der Waals surface area contributed by atoms with E-state index in [9.17, 15) is 19.5 Å². The molecule has 0 spiro atoms. The number of carboxylic acids is 1. The maximum atomic E-state index is 13.5. The fraction of sp³-hybridized carbons (Fsp3) is 0.182. The molecule has 0 radical (unpaired) electrons. The summed E-state index contributed by atoms with van der Waals surface area (Å²) in [6.45, 7) is 1.03. The van der Waals surface area contributed by atoms with E-state index in [-0.39, 0.29) is 36.4 Å². The van der Waals surface area contributed by atoms with Crippen LogP contribution in [0.3, 0.4) is 0 Å². The lowest BCUT2D eigenvalue weighted by Gasteiger charge is -2.36. The minimum absolute atomic E-state index is 0.0508. The van der Waals surface area contributed by atoms with Crippen LogP contribution in [0.1, 0.15) is 77.3 Å². The highest BCUT2D eigenvalue weighted by Gasteiger charge is 2.39. The minimum atomic E-state index is -1.26. The van der Waals surface area contributed by atoms with E-state index in [2.05, 4.69) is 47.0 Å². The average Bonchev–Trinajstić information content (AvgIpc) is 3.38. The van der Waals surface area contributed by atoms with E-state index in [1.165, 1.54) is 30.2 Å². The standard InChI is InChI=1S/C55H52N2O8S/c1-62-49-29-25-44(26-30-49)54(43-17-7-3-8-18-43,45-27-31-50(63-2)32-28-45)64-35-15-33-56-51(58)40-37-41(39-42(38-40)53(60)61)52(59)57-34-16-36-65-66-55(46-19-9-4-10-20-46,47-21-11-5-12-22-47)48-23-13-6-14-24-48/h3-14,17-32,37-39H,15-16,33-36H2,1-2H3,(H,56,58)(H,57,59)(H,60,61). The van der Waals surface area contributed by atoms with Gasteiger partial charge in [0.15, 0.2) is 0 Å². The molecule has 0 heterocycles. The number of carboxylic acid groups (broad SMARTS) is 1. The lowest BCUT2D eigenvalue weighted by atomic mass is 9.80. The summed E-state index contributed by atoms with van der Waals surface area (Å²) in [7, 11) is 3.24. The predicted octanol–water partition coefficient (Wildman–Crippen LogP) is 10.3. The summed E-state index contributed by atoms with van der Waals surface area (Å²) in [6.07, 6.45) is 0.895. The molecule has 7 rings (SSSR count). The first kappa shape index (κ1) is 46.8. The normalized spacial score (nSPS) is 11.4. The van der Waals surface area contributed by atoms with Crippen LogP contribution in [0, 0.1) is 0 Å². The summed E-state index contributed by atoms with van der Waals surface area (Å²) in [5, 5.41) is 15.7. The Morgan fingerprint density at radius 3 is 1.24 bits per heavy atom. The van der Waals surface area contributed by atoms with Gasteiger partial charge >= 0.3 is 5.97 Å². The number of hydrogen-bond donors (Lipinski definition) is 3. The summed E-state index contributed by atoms with van der Waals surface area (Å²) in [5.41, 5.74) is 4.75. The topological polar surface area (TPSA) is 132 Å². The van der Waals surface area contributed by atoms with Crippen molar-refractivity contribution in [1.29, 1.82) is 0 Å². The van der Waals surface area contributed by atoms with Crippen LogP contribution in [0.25, 0.3) is 0 Å². The Kier molecular flexibility index (Phi) is 16.0. The van der Waals surface area contributed by atoms with Crippen LogP contribution in [0.2, 0.25) is 0 Å². The fourth-order valence-corrected chi connectivity index (χ4v) is 8.99. The van der Waals surface area contributed by atoms with E-state index in [4.69, 9.17) is 18.4 Å². The van der Waals surface area contributed by atoms with Crippen LogP contribution < -0.4 is 20.1 Å². The minimum Gasteiger partial charge on any atom is -0.497 e. The van der Waals surface area contributed by atoms with Gasteiger partial charge in [0.1, 0.15) is 21.8 Å². The molecular weight excluding hydrogens is 849 g/mol. The van der Waals surface area contributed by atoms with Crippen molar-refractivity contribution in [3.8, 4) is 11.5 Å². The van der Waals surface area contributed by atoms with E-state index in [0.29, 0.717) is 30.9 Å². The molecule has 3 N–H and O–H groups in total. The van der Waals surface area contributed by atoms with Gasteiger partial charge in [-0.1, -0.05) is 146 Å². The van der Waals surface area contributed by atoms with Gasteiger partial charge in [-0.05, 0) is 88.7 Å². The first-order valence-corrected chi connectivity index (χ1v) is 22.4. The molecular formula is C55H52N2O8S. The van der Waals surface area contributed by atoms with Gasteiger partial charge in [-0.15, -0.1) is 0 Å². The van der Waals surface area contributed by atoms with Crippen LogP contribution in [0.4, 0.5) is 0 Å². The van der Waals surface area contributed by atoms with Gasteiger partial charge in [0.25, 0.3) is 11.8 Å². The largest absolute Gasteiger partial charge is 0.497 e. The number of nitrogens with one attached hydrogen (secondary N) is 2. The van der Waals surface area contributed by atoms with Crippen molar-refractivity contribution >= 4 is 29.8 Å². The summed E-state index contributed by atoms with van der Waals surface area (Å²) in [4.78, 5) is 39.2. The van der Waals surface area contributed by atoms with E-state index in [0.717, 1.165) is 33.4 Å². The van der Waals surface area contributed by atoms with Gasteiger partial charge in [-0.2, -0.15) is 0 Å². The second-order valence-corrected chi connectivity index (χ2v) is 16.4. The number of hydrogen-bond acceptors (Lipinski definition) is 8. The number of carbonyl (C=O) groups is 3. The summed E-state index contributed by atoms with van der Waals surface area (Å²) >= 11 is 1.36. The van der Waals surface area contributed by atoms with Crippen molar-refractivity contribution in [1.82, 2.24) is 10.6 Å². The van der Waals surface area contributed by atoms with Gasteiger partial charge < -0.3 is 34.1 Å². The molecule has 0 aliphatic rings. The lowest BCUT2D eigenvalue weighted by Crippen LogP contribution is -2.34. The Morgan fingerprint density at radius 2 is 0.848 bits per heavy atom. The SMILES string of the molecule is COc1ccc(C(OCCCNC(=O)c2cc(C(=O)O)cc(C(=O)NCCCOSC(c3ccccc3)(c3ccccc3)c3ccccc3)c2)(c2ccccc2)c2ccc(OC)cc2)cc1. The summed E-state index contributed by atoms with van der Waals surface area (Å²) in [5.74, 6) is -0.866. The van der Waals surface area contributed by atoms with Gasteiger partial charge in [0, 0.05) is 36.3 Å². The van der Waals surface area contributed by atoms with Gasteiger partial charge in [0.05, 0.1) is 33.0 Å². The number of carbonyl (C=O) groups excluding carboxylic acids is 2. The molecule has 0 bridgehead atoms. The molecule has 2 amide bonds. The number of methoxy groups -OCH3 is 2. The lowest BCUT2D eigenvalue weighted by molar-refractivity contribution is 0.0117. The highest BCUT2D eigenvalue weighted by molar-refractivity contribution is 7.96. The third-order valence-electron chi connectivity index (χ3n) is 11.2. The number of benzene rings is 7. The van der Waals surface area contributed by atoms with Crippen LogP contribution in [0.5, 0.6) is 11.5 Å². The van der Waals surface area contributed by atoms with E-state index in [1.54, 1.807) is 14.2 Å². The molecule has 0 saturated heterocycles. The molecule has 0 saturated carbocycles. The predicted molar refractivity (Wildman–Crippen MR) is 258 cm³/mol. The molecule has 0 aliphatic carbocycles. The third-order valence-corrected chi connectivity index (χ3v) is 12.5. The maximum absolute atomic E-state index is 13.5. The van der Waals surface area contributed by atoms with Gasteiger partial charge in [-0.3, -0.25) is 9.59 Å². The van der Waals surface area contributed by atoms with Crippen molar-refractivity contribution in [3.05, 3.63) is 238 Å². The Hall–Kier alpha value is -7.18. The Morgan fingerprint density at radius 1 is 0.485 bits per heavy atom. The molecule has 0 unspecified atom stereocenters. The number of amides is 2. The molecule has 11 heteroatoms. The summed E-state index contributed by atoms with van der Waals surface area (Å²) in [6, 6.07) is 59.9. The van der Waals surface area contributed by atoms with Crippen molar-refractivity contribution < 1.29 is 37.9 Å². The van der Waals surface area contributed by atoms with Crippen molar-refractivity contribution in [3.63, 3.8) is 0 Å². The molecule has 7 aromatic carbocycles. The first-order valence-electron chi connectivity index (χ1n) is 21.7. The van der Waals surface area contributed by atoms with Crippen LogP contribution in [-0.2, 0) is 19.3 Å². The molecule has 0 atom stereocenters. The van der Waals surface area contributed by atoms with E-state index >= 15 is 0 Å². The summed E-state index contributed by atoms with van der Waals surface area (Å²) < 4.78 is 23.5. The number of aromatic carboxylic acids is 1. The Balaban J connectivity index is 0.981. The zero-order chi connectivity index (χ0) is 46.2. The monoisotopic (exact) mass is 900 g/mol. The van der Waals surface area contributed by atoms with Gasteiger partial charge in [-0.25, -0.2) is 4.79 Å². The molecule has 0 aliphatic heterocycles. The van der Waals surface area contributed by atoms with Crippen LogP contribution >= 0.6 is 12.0 Å². The Bertz CT molecular complexity index is 2500. The van der Waals surface area contributed by atoms with Crippen LogP contribution in [0.15, 0.2) is 188 Å². The second-order valence-electron chi connectivity index (χ2n) is 15.4. The first-order chi connectivity index (χ1) is 32.3. The quantitative estimate of drug-likeness (QED) is 0.0346. The van der Waals surface area contributed by atoms with Gasteiger partial charge in [0.2, 0.25) is 0 Å². The van der Waals surface area contributed by atoms with E-state index in [1.807, 2.05) is 133 Å². The zero-order valence-electron chi connectivity index (χ0n) is 36.9. The Labute approximate surface area is 390 Å². The smallest absolute Gasteiger partial charge is 0.335 e. The maximum Gasteiger partial charge on any atom is 0.335 e. The number of rotatable bonds is 22. The number of ether oxygens (including phenoxy) is 3. The molecule has 336 valence electrons.